The summed E-state index contributed by atoms with van der Waals surface area (Å²) in [5.41, 5.74) is 0. The van der Waals surface area contributed by atoms with Crippen molar-refractivity contribution < 1.29 is 26.8 Å². The van der Waals surface area contributed by atoms with E-state index in [1.54, 1.807) is 0 Å². The van der Waals surface area contributed by atoms with Gasteiger partial charge in [0.05, 0.1) is 26.2 Å². The predicted molar refractivity (Wildman–Crippen MR) is 92.7 cm³/mol. The third-order valence-electron chi connectivity index (χ3n) is 3.94. The van der Waals surface area contributed by atoms with Gasteiger partial charge >= 0.3 is 0 Å². The van der Waals surface area contributed by atoms with Crippen LogP contribution in [0.4, 0.5) is 0 Å². The Bertz CT molecular complexity index is 194. The first-order valence-electron chi connectivity index (χ1n) is 9.02. The van der Waals surface area contributed by atoms with E-state index >= 15 is 0 Å². The summed E-state index contributed by atoms with van der Waals surface area (Å²) in [5.74, 6) is -0.833. The number of carboxylic acids is 1. The van der Waals surface area contributed by atoms with Crippen molar-refractivity contribution in [3.05, 3.63) is 0 Å². The van der Waals surface area contributed by atoms with Crippen LogP contribution in [0.5, 0.6) is 0 Å². The van der Waals surface area contributed by atoms with Gasteiger partial charge in [0.1, 0.15) is 0 Å². The minimum absolute atomic E-state index is 0. The molecule has 22 heavy (non-hydrogen) atoms. The summed E-state index contributed by atoms with van der Waals surface area (Å²) in [6.07, 6.45) is 11.1. The van der Waals surface area contributed by atoms with Gasteiger partial charge in [-0.05, 0) is 25.7 Å². The average molecular weight is 338 g/mol. The zero-order chi connectivity index (χ0) is 16.6. The summed E-state index contributed by atoms with van der Waals surface area (Å²) in [7, 11) is 0. The lowest BCUT2D eigenvalue weighted by Crippen LogP contribution is -3.00. The molecule has 0 aromatic rings. The zero-order valence-corrected chi connectivity index (χ0v) is 16.4. The Morgan fingerprint density at radius 2 is 0.909 bits per heavy atom. The molecule has 0 spiro atoms. The van der Waals surface area contributed by atoms with E-state index < -0.39 is 5.97 Å². The summed E-state index contributed by atoms with van der Waals surface area (Å²) >= 11 is 0. The molecule has 0 amide bonds. The predicted octanol–water partition coefficient (Wildman–Crippen LogP) is 2.10. The Labute approximate surface area is 145 Å². The number of quaternary nitrogens is 1. The van der Waals surface area contributed by atoms with E-state index in [1.807, 2.05) is 0 Å². The summed E-state index contributed by atoms with van der Waals surface area (Å²) < 4.78 is 1.42. The molecule has 0 aliphatic carbocycles. The molecule has 4 heteroatoms. The fourth-order valence-corrected chi connectivity index (χ4v) is 2.64. The first-order valence-corrected chi connectivity index (χ1v) is 9.02. The minimum atomic E-state index is -0.833. The van der Waals surface area contributed by atoms with Gasteiger partial charge in [-0.25, -0.2) is 0 Å². The molecule has 0 aromatic heterocycles. The number of halogens is 1. The smallest absolute Gasteiger partial charge is 0.300 e. The van der Waals surface area contributed by atoms with Crippen LogP contribution >= 0.6 is 0 Å². The molecule has 0 aliphatic heterocycles. The molecule has 0 saturated heterocycles. The lowest BCUT2D eigenvalue weighted by molar-refractivity contribution is -0.929. The molecule has 0 aromatic carbocycles. The van der Waals surface area contributed by atoms with Gasteiger partial charge in [-0.2, -0.15) is 0 Å². The van der Waals surface area contributed by atoms with Gasteiger partial charge in [-0.15, -0.1) is 0 Å². The normalized spacial score (nSPS) is 10.4. The van der Waals surface area contributed by atoms with Gasteiger partial charge < -0.3 is 22.0 Å². The molecule has 0 unspecified atom stereocenters. The highest BCUT2D eigenvalue weighted by atomic mass is 35.5. The van der Waals surface area contributed by atoms with Crippen LogP contribution in [-0.2, 0) is 4.79 Å². The van der Waals surface area contributed by atoms with Crippen LogP contribution in [0.15, 0.2) is 0 Å². The van der Waals surface area contributed by atoms with E-state index in [1.165, 1.54) is 82.0 Å². The Morgan fingerprint density at radius 1 is 0.727 bits per heavy atom. The highest BCUT2D eigenvalue weighted by molar-refractivity contribution is 5.62. The van der Waals surface area contributed by atoms with Gasteiger partial charge in [0.15, 0.2) is 0 Å². The number of nitrogens with zero attached hydrogens (tertiary/aromatic N) is 1. The molecule has 0 saturated carbocycles. The number of rotatable bonds is 12. The molecule has 0 rings (SSSR count). The van der Waals surface area contributed by atoms with Crippen LogP contribution in [0.1, 0.15) is 86.0 Å². The topological polar surface area (TPSA) is 37.3 Å². The number of unbranched alkanes of at least 4 members (excludes halogenated alkanes) is 4. The number of aliphatic carboxylic acids is 1. The van der Waals surface area contributed by atoms with Crippen molar-refractivity contribution in [1.82, 2.24) is 0 Å². The molecule has 0 fully saturated rings. The van der Waals surface area contributed by atoms with Crippen molar-refractivity contribution in [2.45, 2.75) is 86.0 Å². The highest BCUT2D eigenvalue weighted by Gasteiger charge is 2.24. The molecule has 136 valence electrons. The minimum Gasteiger partial charge on any atom is -1.00 e. The van der Waals surface area contributed by atoms with Crippen molar-refractivity contribution in [1.29, 1.82) is 0 Å². The molecule has 0 atom stereocenters. The van der Waals surface area contributed by atoms with Crippen molar-refractivity contribution >= 4 is 5.97 Å². The maximum atomic E-state index is 9.00. The van der Waals surface area contributed by atoms with Gasteiger partial charge in [0.25, 0.3) is 5.97 Å². The third kappa shape index (κ3) is 17.8. The summed E-state index contributed by atoms with van der Waals surface area (Å²) in [6, 6.07) is 0. The SMILES string of the molecule is CC(=O)O.CCCC[N+](CCCC)(CCCC)CCCC.[Cl-]. The van der Waals surface area contributed by atoms with E-state index in [0.29, 0.717) is 0 Å². The first-order chi connectivity index (χ1) is 9.97. The van der Waals surface area contributed by atoms with Gasteiger partial charge in [-0.3, -0.25) is 4.79 Å². The Kier molecular flexibility index (Phi) is 22.7. The second-order valence-electron chi connectivity index (χ2n) is 6.17. The summed E-state index contributed by atoms with van der Waals surface area (Å²) in [5, 5.41) is 7.42. The average Bonchev–Trinajstić information content (AvgIpc) is 2.45. The molecule has 3 nitrogen and oxygen atoms in total. The standard InChI is InChI=1S/C16H36N.C2H4O2.ClH/c1-5-9-13-17(14-10-6-2,15-11-7-3)16-12-8-4;1-2(3)4;/h5-16H2,1-4H3;1H3,(H,3,4);1H/q+1;;/p-1. The lowest BCUT2D eigenvalue weighted by Gasteiger charge is -2.39. The fourth-order valence-electron chi connectivity index (χ4n) is 2.64. The second kappa shape index (κ2) is 18.8. The Morgan fingerprint density at radius 3 is 1.05 bits per heavy atom. The quantitative estimate of drug-likeness (QED) is 0.554. The highest BCUT2D eigenvalue weighted by Crippen LogP contribution is 2.16. The molecule has 0 heterocycles. The first kappa shape index (κ1) is 26.6. The van der Waals surface area contributed by atoms with Crippen LogP contribution in [0.25, 0.3) is 0 Å². The number of carboxylic acid groups (broad SMARTS) is 1. The number of carbonyl (C=O) groups is 1. The number of hydrogen-bond acceptors (Lipinski definition) is 1. The van der Waals surface area contributed by atoms with Gasteiger partial charge in [-0.1, -0.05) is 53.4 Å². The van der Waals surface area contributed by atoms with E-state index in [9.17, 15) is 0 Å². The molecule has 0 aliphatic rings. The van der Waals surface area contributed by atoms with Gasteiger partial charge in [0.2, 0.25) is 0 Å². The Balaban J connectivity index is -0.000000640. The maximum absolute atomic E-state index is 9.00. The Hall–Kier alpha value is -0.280. The van der Waals surface area contributed by atoms with E-state index in [4.69, 9.17) is 9.90 Å². The molecule has 1 N–H and O–H groups in total. The molecular formula is C18H40ClNO2. The molecule has 0 bridgehead atoms. The maximum Gasteiger partial charge on any atom is 0.300 e. The molecular weight excluding hydrogens is 298 g/mol. The summed E-state index contributed by atoms with van der Waals surface area (Å²) in [6.45, 7) is 16.1. The van der Waals surface area contributed by atoms with E-state index in [-0.39, 0.29) is 12.4 Å². The van der Waals surface area contributed by atoms with Crippen molar-refractivity contribution in [2.24, 2.45) is 0 Å². The fraction of sp³-hybridized carbons (Fsp3) is 0.944. The van der Waals surface area contributed by atoms with Gasteiger partial charge in [0, 0.05) is 6.92 Å². The van der Waals surface area contributed by atoms with Crippen LogP contribution in [-0.4, -0.2) is 41.7 Å². The van der Waals surface area contributed by atoms with Crippen LogP contribution in [0, 0.1) is 0 Å². The van der Waals surface area contributed by atoms with Crippen molar-refractivity contribution in [3.63, 3.8) is 0 Å². The third-order valence-corrected chi connectivity index (χ3v) is 3.94. The summed E-state index contributed by atoms with van der Waals surface area (Å²) in [4.78, 5) is 9.00. The monoisotopic (exact) mass is 337 g/mol. The van der Waals surface area contributed by atoms with Crippen LogP contribution < -0.4 is 12.4 Å². The second-order valence-corrected chi connectivity index (χ2v) is 6.17. The van der Waals surface area contributed by atoms with Crippen molar-refractivity contribution in [2.75, 3.05) is 26.2 Å². The van der Waals surface area contributed by atoms with Crippen LogP contribution in [0.3, 0.4) is 0 Å². The number of hydrogen-bond donors (Lipinski definition) is 1. The molecule has 0 radical (unpaired) electrons. The van der Waals surface area contributed by atoms with Crippen molar-refractivity contribution in [3.8, 4) is 0 Å². The van der Waals surface area contributed by atoms with E-state index in [0.717, 1.165) is 6.92 Å². The lowest BCUT2D eigenvalue weighted by atomic mass is 10.1. The van der Waals surface area contributed by atoms with E-state index in [2.05, 4.69) is 27.7 Å². The largest absolute Gasteiger partial charge is 1.00 e. The van der Waals surface area contributed by atoms with Crippen LogP contribution in [0.2, 0.25) is 0 Å². The zero-order valence-electron chi connectivity index (χ0n) is 15.7.